The number of rotatable bonds is 5. The number of anilines is 2. The van der Waals surface area contributed by atoms with E-state index in [1.165, 1.54) is 12.8 Å². The fourth-order valence-corrected chi connectivity index (χ4v) is 4.60. The normalized spacial score (nSPS) is 19.1. The second kappa shape index (κ2) is 8.78. The van der Waals surface area contributed by atoms with E-state index >= 15 is 0 Å². The fraction of sp³-hybridized carbons (Fsp3) is 0.417. The van der Waals surface area contributed by atoms with Crippen molar-refractivity contribution in [1.82, 2.24) is 5.32 Å². The summed E-state index contributed by atoms with van der Waals surface area (Å²) in [6, 6.07) is 15.4. The molecule has 0 bridgehead atoms. The van der Waals surface area contributed by atoms with Gasteiger partial charge in [-0.05, 0) is 80.6 Å². The first kappa shape index (κ1) is 19.6. The van der Waals surface area contributed by atoms with E-state index in [0.717, 1.165) is 42.9 Å². The molecule has 2 N–H and O–H groups in total. The van der Waals surface area contributed by atoms with Gasteiger partial charge in [-0.2, -0.15) is 0 Å². The number of piperidine rings is 1. The first-order chi connectivity index (χ1) is 14.2. The van der Waals surface area contributed by atoms with E-state index < -0.39 is 0 Å². The largest absolute Gasteiger partial charge is 0.322 e. The van der Waals surface area contributed by atoms with Gasteiger partial charge in [-0.1, -0.05) is 25.1 Å². The molecule has 1 saturated heterocycles. The molecule has 4 rings (SSSR count). The Labute approximate surface area is 172 Å². The SMILES string of the molecule is CCC(=O)N1c2ccc(NC(=O)c3ccccc3)cc2CC1CC1CCNCC1. The molecule has 152 valence electrons. The Kier molecular flexibility index (Phi) is 5.95. The molecule has 2 aliphatic rings. The van der Waals surface area contributed by atoms with Gasteiger partial charge in [0.1, 0.15) is 0 Å². The van der Waals surface area contributed by atoms with Crippen molar-refractivity contribution < 1.29 is 9.59 Å². The maximum absolute atomic E-state index is 12.7. The molecular formula is C24H29N3O2. The number of carbonyl (C=O) groups is 2. The molecule has 2 heterocycles. The standard InChI is InChI=1S/C24H29N3O2/c1-2-23(28)27-21(14-17-10-12-25-13-11-17)16-19-15-20(8-9-22(19)27)26-24(29)18-6-4-3-5-7-18/h3-9,15,17,21,25H,2,10-14,16H2,1H3,(H,26,29). The number of hydrogen-bond donors (Lipinski definition) is 2. The van der Waals surface area contributed by atoms with Crippen molar-refractivity contribution in [2.45, 2.75) is 45.1 Å². The summed E-state index contributed by atoms with van der Waals surface area (Å²) in [5.74, 6) is 0.736. The molecule has 1 fully saturated rings. The molecule has 0 aliphatic carbocycles. The Morgan fingerprint density at radius 1 is 1.10 bits per heavy atom. The lowest BCUT2D eigenvalue weighted by Gasteiger charge is -2.30. The molecule has 0 radical (unpaired) electrons. The van der Waals surface area contributed by atoms with Crippen LogP contribution in [0.2, 0.25) is 0 Å². The summed E-state index contributed by atoms with van der Waals surface area (Å²) < 4.78 is 0. The lowest BCUT2D eigenvalue weighted by atomic mass is 9.89. The van der Waals surface area contributed by atoms with Gasteiger partial charge in [0.25, 0.3) is 5.91 Å². The minimum Gasteiger partial charge on any atom is -0.322 e. The zero-order valence-corrected chi connectivity index (χ0v) is 17.0. The summed E-state index contributed by atoms with van der Waals surface area (Å²) >= 11 is 0. The maximum atomic E-state index is 12.7. The first-order valence-corrected chi connectivity index (χ1v) is 10.7. The molecule has 2 amide bonds. The van der Waals surface area contributed by atoms with Crippen LogP contribution in [0.15, 0.2) is 48.5 Å². The average molecular weight is 392 g/mol. The van der Waals surface area contributed by atoms with Crippen LogP contribution in [0.5, 0.6) is 0 Å². The van der Waals surface area contributed by atoms with Gasteiger partial charge in [-0.15, -0.1) is 0 Å². The zero-order valence-electron chi connectivity index (χ0n) is 17.0. The van der Waals surface area contributed by atoms with Crippen molar-refractivity contribution in [2.24, 2.45) is 5.92 Å². The van der Waals surface area contributed by atoms with Crippen molar-refractivity contribution in [3.05, 3.63) is 59.7 Å². The molecule has 29 heavy (non-hydrogen) atoms. The van der Waals surface area contributed by atoms with E-state index in [1.807, 2.05) is 48.2 Å². The highest BCUT2D eigenvalue weighted by Crippen LogP contribution is 2.38. The van der Waals surface area contributed by atoms with Crippen LogP contribution >= 0.6 is 0 Å². The molecule has 1 atom stereocenters. The quantitative estimate of drug-likeness (QED) is 0.810. The Morgan fingerprint density at radius 2 is 1.86 bits per heavy atom. The predicted molar refractivity (Wildman–Crippen MR) is 116 cm³/mol. The van der Waals surface area contributed by atoms with Crippen LogP contribution < -0.4 is 15.5 Å². The molecule has 5 nitrogen and oxygen atoms in total. The Bertz CT molecular complexity index is 875. The van der Waals surface area contributed by atoms with E-state index in [1.54, 1.807) is 12.1 Å². The molecule has 2 aromatic rings. The first-order valence-electron chi connectivity index (χ1n) is 10.7. The van der Waals surface area contributed by atoms with Crippen molar-refractivity contribution in [3.8, 4) is 0 Å². The number of fused-ring (bicyclic) bond motifs is 1. The van der Waals surface area contributed by atoms with Crippen molar-refractivity contribution >= 4 is 23.2 Å². The summed E-state index contributed by atoms with van der Waals surface area (Å²) in [4.78, 5) is 27.2. The lowest BCUT2D eigenvalue weighted by Crippen LogP contribution is -2.40. The van der Waals surface area contributed by atoms with Gasteiger partial charge < -0.3 is 15.5 Å². The van der Waals surface area contributed by atoms with Gasteiger partial charge in [0.2, 0.25) is 5.91 Å². The van der Waals surface area contributed by atoms with E-state index in [4.69, 9.17) is 0 Å². The number of benzene rings is 2. The summed E-state index contributed by atoms with van der Waals surface area (Å²) in [5.41, 5.74) is 3.58. The smallest absolute Gasteiger partial charge is 0.255 e. The Morgan fingerprint density at radius 3 is 2.59 bits per heavy atom. The van der Waals surface area contributed by atoms with E-state index in [2.05, 4.69) is 10.6 Å². The van der Waals surface area contributed by atoms with Gasteiger partial charge in [0.05, 0.1) is 0 Å². The third-order valence-corrected chi connectivity index (χ3v) is 6.09. The van der Waals surface area contributed by atoms with Gasteiger partial charge in [0, 0.05) is 29.4 Å². The Hall–Kier alpha value is -2.66. The van der Waals surface area contributed by atoms with Gasteiger partial charge in [-0.3, -0.25) is 9.59 Å². The summed E-state index contributed by atoms with van der Waals surface area (Å²) in [7, 11) is 0. The van der Waals surface area contributed by atoms with E-state index in [9.17, 15) is 9.59 Å². The number of carbonyl (C=O) groups excluding carboxylic acids is 2. The molecule has 5 heteroatoms. The fourth-order valence-electron chi connectivity index (χ4n) is 4.60. The van der Waals surface area contributed by atoms with Crippen LogP contribution in [-0.2, 0) is 11.2 Å². The van der Waals surface area contributed by atoms with Crippen LogP contribution in [0.1, 0.15) is 48.5 Å². The lowest BCUT2D eigenvalue weighted by molar-refractivity contribution is -0.118. The summed E-state index contributed by atoms with van der Waals surface area (Å²) in [5, 5.41) is 6.41. The molecule has 2 aliphatic heterocycles. The molecule has 1 unspecified atom stereocenters. The highest BCUT2D eigenvalue weighted by atomic mass is 16.2. The van der Waals surface area contributed by atoms with Gasteiger partial charge >= 0.3 is 0 Å². The summed E-state index contributed by atoms with van der Waals surface area (Å²) in [6.45, 7) is 4.07. The van der Waals surface area contributed by atoms with Crippen LogP contribution in [0.4, 0.5) is 11.4 Å². The third kappa shape index (κ3) is 4.35. The number of hydrogen-bond acceptors (Lipinski definition) is 3. The highest BCUT2D eigenvalue weighted by Gasteiger charge is 2.34. The third-order valence-electron chi connectivity index (χ3n) is 6.09. The van der Waals surface area contributed by atoms with Crippen LogP contribution in [0.3, 0.4) is 0 Å². The Balaban J connectivity index is 1.52. The van der Waals surface area contributed by atoms with Gasteiger partial charge in [-0.25, -0.2) is 0 Å². The monoisotopic (exact) mass is 391 g/mol. The second-order valence-corrected chi connectivity index (χ2v) is 8.07. The van der Waals surface area contributed by atoms with Crippen molar-refractivity contribution in [2.75, 3.05) is 23.3 Å². The molecule has 0 saturated carbocycles. The minimum absolute atomic E-state index is 0.115. The molecule has 0 aromatic heterocycles. The van der Waals surface area contributed by atoms with Crippen LogP contribution in [0, 0.1) is 5.92 Å². The molecular weight excluding hydrogens is 362 g/mol. The van der Waals surface area contributed by atoms with Crippen molar-refractivity contribution in [1.29, 1.82) is 0 Å². The second-order valence-electron chi connectivity index (χ2n) is 8.07. The number of nitrogens with one attached hydrogen (secondary N) is 2. The maximum Gasteiger partial charge on any atom is 0.255 e. The van der Waals surface area contributed by atoms with Crippen LogP contribution in [-0.4, -0.2) is 30.9 Å². The average Bonchev–Trinajstić information content (AvgIpc) is 3.11. The molecule has 2 aromatic carbocycles. The van der Waals surface area contributed by atoms with E-state index in [0.29, 0.717) is 17.9 Å². The molecule has 0 spiro atoms. The van der Waals surface area contributed by atoms with Crippen molar-refractivity contribution in [3.63, 3.8) is 0 Å². The predicted octanol–water partition coefficient (Wildman–Crippen LogP) is 4.00. The zero-order chi connectivity index (χ0) is 20.2. The minimum atomic E-state index is -0.115. The van der Waals surface area contributed by atoms with Gasteiger partial charge in [0.15, 0.2) is 0 Å². The van der Waals surface area contributed by atoms with Crippen LogP contribution in [0.25, 0.3) is 0 Å². The number of amides is 2. The topological polar surface area (TPSA) is 61.4 Å². The summed E-state index contributed by atoms with van der Waals surface area (Å²) in [6.07, 6.45) is 4.78. The highest BCUT2D eigenvalue weighted by molar-refractivity contribution is 6.04. The number of nitrogens with zero attached hydrogens (tertiary/aromatic N) is 1. The van der Waals surface area contributed by atoms with E-state index in [-0.39, 0.29) is 17.9 Å².